The minimum absolute atomic E-state index is 0.0269. The summed E-state index contributed by atoms with van der Waals surface area (Å²) < 4.78 is 1.54. The van der Waals surface area contributed by atoms with Gasteiger partial charge in [-0.2, -0.15) is 10.1 Å². The Labute approximate surface area is 150 Å². The van der Waals surface area contributed by atoms with Crippen LogP contribution in [0.25, 0.3) is 0 Å². The number of aromatic nitrogens is 2. The normalized spacial score (nSPS) is 13.4. The first-order valence-electron chi connectivity index (χ1n) is 8.41. The van der Waals surface area contributed by atoms with Crippen LogP contribution < -0.4 is 5.01 Å². The first kappa shape index (κ1) is 17.4. The second-order valence-corrected chi connectivity index (χ2v) is 6.69. The minimum atomic E-state index is -0.120. The Morgan fingerprint density at radius 1 is 1.04 bits per heavy atom. The fourth-order valence-corrected chi connectivity index (χ4v) is 3.56. The molecule has 0 bridgehead atoms. The molecule has 0 saturated heterocycles. The molecule has 1 aromatic carbocycles. The van der Waals surface area contributed by atoms with Gasteiger partial charge >= 0.3 is 0 Å². The molecule has 2 heterocycles. The number of thioether (sulfide) groups is 1. The Hall–Kier alpha value is -2.41. The van der Waals surface area contributed by atoms with Crippen LogP contribution in [0.4, 0.5) is 5.82 Å². The van der Waals surface area contributed by atoms with Gasteiger partial charge in [-0.15, -0.1) is 0 Å². The van der Waals surface area contributed by atoms with Gasteiger partial charge < -0.3 is 0 Å². The predicted molar refractivity (Wildman–Crippen MR) is 99.0 cm³/mol. The molecule has 0 unspecified atom stereocenters. The van der Waals surface area contributed by atoms with Crippen LogP contribution in [-0.2, 0) is 4.79 Å². The summed E-state index contributed by atoms with van der Waals surface area (Å²) in [5, 5.41) is 7.18. The van der Waals surface area contributed by atoms with Crippen molar-refractivity contribution in [2.75, 3.05) is 5.01 Å². The van der Waals surface area contributed by atoms with Crippen LogP contribution >= 0.6 is 11.8 Å². The fourth-order valence-electron chi connectivity index (χ4n) is 2.52. The van der Waals surface area contributed by atoms with Gasteiger partial charge in [0.25, 0.3) is 0 Å². The van der Waals surface area contributed by atoms with Gasteiger partial charge in [-0.05, 0) is 24.6 Å². The van der Waals surface area contributed by atoms with Gasteiger partial charge in [0.15, 0.2) is 5.82 Å². The number of hydrazone groups is 1. The van der Waals surface area contributed by atoms with Gasteiger partial charge in [-0.1, -0.05) is 44.2 Å². The molecular formula is C18H20N4O2S. The summed E-state index contributed by atoms with van der Waals surface area (Å²) in [5.74, 6) is 0.291. The summed E-state index contributed by atoms with van der Waals surface area (Å²) in [6.45, 7) is 3.91. The van der Waals surface area contributed by atoms with Gasteiger partial charge in [0.05, 0.1) is 0 Å². The molecule has 7 heteroatoms. The Bertz CT molecular complexity index is 814. The Balaban J connectivity index is 2.04. The highest BCUT2D eigenvalue weighted by molar-refractivity contribution is 8.14. The van der Waals surface area contributed by atoms with Crippen molar-refractivity contribution >= 4 is 34.4 Å². The van der Waals surface area contributed by atoms with Gasteiger partial charge in [0, 0.05) is 18.4 Å². The van der Waals surface area contributed by atoms with Crippen LogP contribution in [0.2, 0.25) is 0 Å². The van der Waals surface area contributed by atoms with Crippen LogP contribution in [0, 0.1) is 0 Å². The van der Waals surface area contributed by atoms with E-state index >= 15 is 0 Å². The molecule has 0 atom stereocenters. The number of carbonyl (C=O) groups is 2. The predicted octanol–water partition coefficient (Wildman–Crippen LogP) is 3.92. The molecule has 0 spiro atoms. The van der Waals surface area contributed by atoms with E-state index in [4.69, 9.17) is 0 Å². The molecule has 0 saturated carbocycles. The molecule has 3 rings (SSSR count). The SMILES string of the molecule is CCCC(=O)N1N=C(c2ccccc2)Sc2c1ncn2C(=O)CCC. The van der Waals surface area contributed by atoms with Crippen molar-refractivity contribution < 1.29 is 9.59 Å². The third kappa shape index (κ3) is 3.51. The van der Waals surface area contributed by atoms with Crippen LogP contribution in [-0.4, -0.2) is 26.4 Å². The second-order valence-electron chi connectivity index (χ2n) is 5.72. The zero-order valence-corrected chi connectivity index (χ0v) is 15.1. The molecule has 1 aliphatic heterocycles. The van der Waals surface area contributed by atoms with E-state index in [2.05, 4.69) is 10.1 Å². The summed E-state index contributed by atoms with van der Waals surface area (Å²) >= 11 is 1.37. The summed E-state index contributed by atoms with van der Waals surface area (Å²) in [4.78, 5) is 29.2. The summed E-state index contributed by atoms with van der Waals surface area (Å²) in [5.41, 5.74) is 0.906. The maximum absolute atomic E-state index is 12.5. The van der Waals surface area contributed by atoms with Gasteiger partial charge in [-0.3, -0.25) is 14.2 Å². The number of nitrogens with zero attached hydrogens (tertiary/aromatic N) is 4. The number of amides is 1. The number of rotatable bonds is 5. The van der Waals surface area contributed by atoms with Crippen LogP contribution in [0.15, 0.2) is 46.8 Å². The van der Waals surface area contributed by atoms with Crippen LogP contribution in [0.3, 0.4) is 0 Å². The molecule has 130 valence electrons. The standard InChI is InChI=1S/C18H20N4O2S/c1-3-8-14(23)21-12-19-16-18(21)25-17(13-10-6-5-7-11-13)20-22(16)15(24)9-4-2/h5-7,10-12H,3-4,8-9H2,1-2H3. The maximum Gasteiger partial charge on any atom is 0.248 e. The number of hydrogen-bond acceptors (Lipinski definition) is 5. The summed E-state index contributed by atoms with van der Waals surface area (Å²) in [6.07, 6.45) is 3.79. The van der Waals surface area contributed by atoms with E-state index in [9.17, 15) is 9.59 Å². The van der Waals surface area contributed by atoms with Crippen molar-refractivity contribution in [3.8, 4) is 0 Å². The first-order valence-corrected chi connectivity index (χ1v) is 9.22. The number of anilines is 1. The van der Waals surface area contributed by atoms with E-state index in [1.54, 1.807) is 0 Å². The van der Waals surface area contributed by atoms with Gasteiger partial charge in [0.1, 0.15) is 16.4 Å². The van der Waals surface area contributed by atoms with E-state index in [-0.39, 0.29) is 11.8 Å². The minimum Gasteiger partial charge on any atom is -0.274 e. The average molecular weight is 356 g/mol. The molecular weight excluding hydrogens is 336 g/mol. The molecule has 0 fully saturated rings. The smallest absolute Gasteiger partial charge is 0.248 e. The monoisotopic (exact) mass is 356 g/mol. The largest absolute Gasteiger partial charge is 0.274 e. The van der Waals surface area contributed by atoms with Gasteiger partial charge in [-0.25, -0.2) is 4.98 Å². The third-order valence-corrected chi connectivity index (χ3v) is 4.83. The first-order chi connectivity index (χ1) is 12.2. The lowest BCUT2D eigenvalue weighted by Gasteiger charge is -2.23. The average Bonchev–Trinajstić information content (AvgIpc) is 3.06. The molecule has 0 radical (unpaired) electrons. The number of benzene rings is 1. The van der Waals surface area contributed by atoms with E-state index in [0.29, 0.717) is 28.7 Å². The van der Waals surface area contributed by atoms with E-state index in [1.807, 2.05) is 44.2 Å². The molecule has 1 amide bonds. The number of hydrogen-bond donors (Lipinski definition) is 0. The molecule has 0 N–H and O–H groups in total. The third-order valence-electron chi connectivity index (χ3n) is 3.74. The molecule has 25 heavy (non-hydrogen) atoms. The Morgan fingerprint density at radius 3 is 2.40 bits per heavy atom. The van der Waals surface area contributed by atoms with Gasteiger partial charge in [0.2, 0.25) is 11.8 Å². The summed E-state index contributed by atoms with van der Waals surface area (Å²) in [6, 6.07) is 9.65. The number of fused-ring (bicyclic) bond motifs is 1. The maximum atomic E-state index is 12.5. The van der Waals surface area contributed by atoms with Crippen LogP contribution in [0.5, 0.6) is 0 Å². The van der Waals surface area contributed by atoms with E-state index in [1.165, 1.54) is 27.7 Å². The topological polar surface area (TPSA) is 67.6 Å². The quantitative estimate of drug-likeness (QED) is 0.814. The van der Waals surface area contributed by atoms with Crippen molar-refractivity contribution in [2.45, 2.75) is 44.6 Å². The van der Waals surface area contributed by atoms with Crippen molar-refractivity contribution in [1.82, 2.24) is 9.55 Å². The van der Waals surface area contributed by atoms with Crippen molar-refractivity contribution in [3.63, 3.8) is 0 Å². The van der Waals surface area contributed by atoms with E-state index in [0.717, 1.165) is 18.4 Å². The molecule has 1 aliphatic rings. The van der Waals surface area contributed by atoms with Crippen molar-refractivity contribution in [1.29, 1.82) is 0 Å². The summed E-state index contributed by atoms with van der Waals surface area (Å²) in [7, 11) is 0. The van der Waals surface area contributed by atoms with Crippen LogP contribution in [0.1, 0.15) is 49.9 Å². The van der Waals surface area contributed by atoms with Crippen molar-refractivity contribution in [2.24, 2.45) is 5.10 Å². The van der Waals surface area contributed by atoms with E-state index < -0.39 is 0 Å². The zero-order chi connectivity index (χ0) is 17.8. The highest BCUT2D eigenvalue weighted by Crippen LogP contribution is 2.37. The number of imidazole rings is 1. The lowest BCUT2D eigenvalue weighted by Crippen LogP contribution is -2.30. The Kier molecular flexibility index (Phi) is 5.33. The lowest BCUT2D eigenvalue weighted by atomic mass is 10.2. The molecule has 2 aromatic rings. The molecule has 6 nitrogen and oxygen atoms in total. The second kappa shape index (κ2) is 7.65. The lowest BCUT2D eigenvalue weighted by molar-refractivity contribution is -0.118. The molecule has 0 aliphatic carbocycles. The highest BCUT2D eigenvalue weighted by atomic mass is 32.2. The highest BCUT2D eigenvalue weighted by Gasteiger charge is 2.31. The zero-order valence-electron chi connectivity index (χ0n) is 14.3. The Morgan fingerprint density at radius 2 is 1.72 bits per heavy atom. The number of carbonyl (C=O) groups excluding carboxylic acids is 2. The fraction of sp³-hybridized carbons (Fsp3) is 0.333. The van der Waals surface area contributed by atoms with Crippen molar-refractivity contribution in [3.05, 3.63) is 42.2 Å². The molecule has 1 aromatic heterocycles.